The van der Waals surface area contributed by atoms with Gasteiger partial charge in [-0.1, -0.05) is 64.5 Å². The number of rotatable bonds is 3. The molecule has 1 saturated carbocycles. The van der Waals surface area contributed by atoms with Gasteiger partial charge >= 0.3 is 5.97 Å². The molecule has 2 bridgehead atoms. The Morgan fingerprint density at radius 2 is 1.86 bits per heavy atom. The molecule has 3 aliphatic heterocycles. The summed E-state index contributed by atoms with van der Waals surface area (Å²) in [5.74, 6) is -1.81. The van der Waals surface area contributed by atoms with Crippen LogP contribution in [0.1, 0.15) is 86.5 Å². The molecule has 8 nitrogen and oxygen atoms in total. The van der Waals surface area contributed by atoms with Crippen LogP contribution in [0.2, 0.25) is 0 Å². The lowest BCUT2D eigenvalue weighted by molar-refractivity contribution is -0.340. The van der Waals surface area contributed by atoms with Crippen LogP contribution in [0.5, 0.6) is 0 Å². The third-order valence-electron chi connectivity index (χ3n) is 10.1. The van der Waals surface area contributed by atoms with Crippen molar-refractivity contribution >= 4 is 5.97 Å². The molecule has 3 fully saturated rings. The molecular formula is C34H54O8. The van der Waals surface area contributed by atoms with Gasteiger partial charge in [0.2, 0.25) is 0 Å². The van der Waals surface area contributed by atoms with Gasteiger partial charge in [0.1, 0.15) is 17.8 Å². The second-order valence-corrected chi connectivity index (χ2v) is 13.9. The summed E-state index contributed by atoms with van der Waals surface area (Å²) in [6.45, 7) is 12.1. The minimum absolute atomic E-state index is 0.0410. The number of aliphatic hydroxyl groups is 3. The zero-order chi connectivity index (χ0) is 30.8. The maximum Gasteiger partial charge on any atom is 0.312 e. The van der Waals surface area contributed by atoms with Crippen LogP contribution in [-0.2, 0) is 23.7 Å². The summed E-state index contributed by atoms with van der Waals surface area (Å²) in [6.07, 6.45) is 9.28. The van der Waals surface area contributed by atoms with Crippen molar-refractivity contribution in [3.63, 3.8) is 0 Å². The number of aliphatic hydroxyl groups excluding tert-OH is 2. The molecule has 0 aromatic rings. The van der Waals surface area contributed by atoms with Gasteiger partial charge in [0, 0.05) is 26.4 Å². The molecule has 0 amide bonds. The monoisotopic (exact) mass is 590 g/mol. The Balaban J connectivity index is 1.74. The molecule has 238 valence electrons. The minimum Gasteiger partial charge on any atom is -0.462 e. The zero-order valence-corrected chi connectivity index (χ0v) is 26.6. The first-order chi connectivity index (χ1) is 19.8. The van der Waals surface area contributed by atoms with Crippen molar-refractivity contribution in [1.82, 2.24) is 0 Å². The molecular weight excluding hydrogens is 536 g/mol. The Labute approximate surface area is 252 Å². The number of esters is 1. The average molecular weight is 591 g/mol. The van der Waals surface area contributed by atoms with Crippen molar-refractivity contribution in [2.75, 3.05) is 13.7 Å². The predicted molar refractivity (Wildman–Crippen MR) is 160 cm³/mol. The van der Waals surface area contributed by atoms with Gasteiger partial charge in [0.15, 0.2) is 5.79 Å². The Hall–Kier alpha value is -1.55. The largest absolute Gasteiger partial charge is 0.462 e. The lowest BCUT2D eigenvalue weighted by atomic mass is 9.64. The quantitative estimate of drug-likeness (QED) is 0.316. The maximum absolute atomic E-state index is 14.0. The number of fused-ring (bicyclic) bond motifs is 3. The highest BCUT2D eigenvalue weighted by molar-refractivity contribution is 5.75. The highest BCUT2D eigenvalue weighted by Gasteiger charge is 2.58. The van der Waals surface area contributed by atoms with Crippen LogP contribution in [0.3, 0.4) is 0 Å². The first-order valence-corrected chi connectivity index (χ1v) is 16.0. The summed E-state index contributed by atoms with van der Waals surface area (Å²) in [5, 5.41) is 34.0. The van der Waals surface area contributed by atoms with Gasteiger partial charge in [-0.2, -0.15) is 0 Å². The fraction of sp³-hybridized carbons (Fsp3) is 0.794. The van der Waals surface area contributed by atoms with Gasteiger partial charge in [-0.25, -0.2) is 0 Å². The molecule has 42 heavy (non-hydrogen) atoms. The van der Waals surface area contributed by atoms with E-state index in [1.807, 2.05) is 13.0 Å². The lowest BCUT2D eigenvalue weighted by Crippen LogP contribution is -2.64. The molecule has 1 spiro atoms. The van der Waals surface area contributed by atoms with Crippen molar-refractivity contribution in [1.29, 1.82) is 0 Å². The fourth-order valence-electron chi connectivity index (χ4n) is 7.84. The number of carbonyl (C=O) groups excluding carboxylic acids is 1. The topological polar surface area (TPSA) is 115 Å². The van der Waals surface area contributed by atoms with Crippen molar-refractivity contribution in [3.05, 3.63) is 35.5 Å². The average Bonchev–Trinajstić information content (AvgIpc) is 2.93. The van der Waals surface area contributed by atoms with Gasteiger partial charge in [-0.05, 0) is 61.9 Å². The van der Waals surface area contributed by atoms with E-state index < -0.39 is 48.2 Å². The Bertz CT molecular complexity index is 1030. The predicted octanol–water partition coefficient (Wildman–Crippen LogP) is 4.86. The molecule has 11 atom stereocenters. The third kappa shape index (κ3) is 6.89. The number of hydrogen-bond acceptors (Lipinski definition) is 8. The number of carbonyl (C=O) groups is 1. The highest BCUT2D eigenvalue weighted by Crippen LogP contribution is 2.47. The molecule has 0 aromatic carbocycles. The molecule has 0 radical (unpaired) electrons. The van der Waals surface area contributed by atoms with Crippen LogP contribution in [0.4, 0.5) is 0 Å². The molecule has 0 unspecified atom stereocenters. The third-order valence-corrected chi connectivity index (χ3v) is 10.1. The summed E-state index contributed by atoms with van der Waals surface area (Å²) in [5.41, 5.74) is -0.653. The van der Waals surface area contributed by atoms with Crippen LogP contribution in [0.15, 0.2) is 35.5 Å². The highest BCUT2D eigenvalue weighted by atomic mass is 16.7. The van der Waals surface area contributed by atoms with Gasteiger partial charge in [0.05, 0.1) is 30.8 Å². The van der Waals surface area contributed by atoms with Gasteiger partial charge < -0.3 is 34.3 Å². The van der Waals surface area contributed by atoms with E-state index in [1.165, 1.54) is 12.7 Å². The Morgan fingerprint density at radius 3 is 2.52 bits per heavy atom. The molecule has 0 aromatic heterocycles. The molecule has 3 heterocycles. The van der Waals surface area contributed by atoms with Crippen molar-refractivity contribution in [2.24, 2.45) is 29.6 Å². The number of ether oxygens (including phenoxy) is 4. The molecule has 4 rings (SSSR count). The lowest BCUT2D eigenvalue weighted by Gasteiger charge is -2.51. The normalized spacial score (nSPS) is 47.1. The van der Waals surface area contributed by atoms with Crippen LogP contribution in [0, 0.1) is 29.6 Å². The van der Waals surface area contributed by atoms with E-state index in [0.29, 0.717) is 31.1 Å². The Kier molecular flexibility index (Phi) is 10.8. The molecule has 2 saturated heterocycles. The van der Waals surface area contributed by atoms with Crippen molar-refractivity contribution in [2.45, 2.75) is 128 Å². The van der Waals surface area contributed by atoms with Crippen LogP contribution < -0.4 is 0 Å². The standard InChI is InChI=1S/C34H54O8/c1-20(2)29-23(5)13-14-33(42-29)18-27-17-26(41-33)12-11-22(4)15-21(3)9-8-10-25(19-35)34(38)28(32(37)40-27)16-24(6)30(39-7)31(34)36/h8-11,20-21,23-24,26-31,35-36,38H,12-19H2,1-7H3/b9-8+,22-11+,25-10+/t21-,23-,24-,26+,27-,28-,29+,30+,31+,33+,34+/m0/s1. The summed E-state index contributed by atoms with van der Waals surface area (Å²) >= 11 is 0. The van der Waals surface area contributed by atoms with Crippen LogP contribution >= 0.6 is 0 Å². The van der Waals surface area contributed by atoms with E-state index in [-0.39, 0.29) is 36.0 Å². The zero-order valence-electron chi connectivity index (χ0n) is 26.6. The fourth-order valence-corrected chi connectivity index (χ4v) is 7.84. The summed E-state index contributed by atoms with van der Waals surface area (Å²) < 4.78 is 25.3. The van der Waals surface area contributed by atoms with Crippen molar-refractivity contribution in [3.8, 4) is 0 Å². The number of hydrogen-bond donors (Lipinski definition) is 3. The maximum atomic E-state index is 14.0. The molecule has 1 aliphatic carbocycles. The molecule has 8 heteroatoms. The second-order valence-electron chi connectivity index (χ2n) is 13.9. The smallest absolute Gasteiger partial charge is 0.312 e. The first kappa shape index (κ1) is 33.3. The SMILES string of the molecule is CO[C@H]1[C@@H](O)[C@@]2(O)/C(CO)=C/C=C/[C@H](C)C/C(C)=C/C[C@@H]3C[C@@H](C[C@]4(CC[C@H](C)[C@@H](C(C)C)O4)O3)OC(=O)[C@@H]2C[C@@H]1C. The summed E-state index contributed by atoms with van der Waals surface area (Å²) in [4.78, 5) is 14.0. The molecule has 4 aliphatic rings. The van der Waals surface area contributed by atoms with Crippen molar-refractivity contribution < 1.29 is 39.1 Å². The van der Waals surface area contributed by atoms with Gasteiger partial charge in [0.25, 0.3) is 0 Å². The van der Waals surface area contributed by atoms with E-state index in [4.69, 9.17) is 18.9 Å². The van der Waals surface area contributed by atoms with Crippen LogP contribution in [-0.4, -0.2) is 76.9 Å². The number of allylic oxidation sites excluding steroid dienone is 4. The van der Waals surface area contributed by atoms with Gasteiger partial charge in [-0.15, -0.1) is 0 Å². The number of methoxy groups -OCH3 is 1. The van der Waals surface area contributed by atoms with E-state index in [0.717, 1.165) is 19.3 Å². The van der Waals surface area contributed by atoms with E-state index in [2.05, 4.69) is 40.7 Å². The summed E-state index contributed by atoms with van der Waals surface area (Å²) in [7, 11) is 1.48. The van der Waals surface area contributed by atoms with E-state index in [1.54, 1.807) is 12.2 Å². The second kappa shape index (κ2) is 13.6. The summed E-state index contributed by atoms with van der Waals surface area (Å²) in [6, 6.07) is 0. The Morgan fingerprint density at radius 1 is 1.12 bits per heavy atom. The van der Waals surface area contributed by atoms with E-state index >= 15 is 0 Å². The van der Waals surface area contributed by atoms with Crippen LogP contribution in [0.25, 0.3) is 0 Å². The minimum atomic E-state index is -2.05. The van der Waals surface area contributed by atoms with E-state index in [9.17, 15) is 20.1 Å². The first-order valence-electron chi connectivity index (χ1n) is 16.0. The van der Waals surface area contributed by atoms with Gasteiger partial charge in [-0.3, -0.25) is 4.79 Å². The molecule has 3 N–H and O–H groups in total.